The van der Waals surface area contributed by atoms with Gasteiger partial charge in [0.25, 0.3) is 0 Å². The number of carbonyl (C=O) groups excluding carboxylic acids is 1. The van der Waals surface area contributed by atoms with Crippen molar-refractivity contribution < 1.29 is 26.7 Å². The van der Waals surface area contributed by atoms with E-state index in [1.165, 1.54) is 6.92 Å². The van der Waals surface area contributed by atoms with Crippen LogP contribution in [0.1, 0.15) is 6.92 Å². The van der Waals surface area contributed by atoms with Gasteiger partial charge in [-0.2, -0.15) is 0 Å². The van der Waals surface area contributed by atoms with Crippen molar-refractivity contribution in [3.05, 3.63) is 53.4 Å². The van der Waals surface area contributed by atoms with E-state index in [-0.39, 0.29) is 19.0 Å². The van der Waals surface area contributed by atoms with Gasteiger partial charge in [-0.3, -0.25) is 4.79 Å². The predicted octanol–water partition coefficient (Wildman–Crippen LogP) is 3.67. The molecule has 1 aliphatic heterocycles. The summed E-state index contributed by atoms with van der Waals surface area (Å²) in [6, 6.07) is 6.99. The maximum Gasteiger partial charge on any atom is 0.221 e. The molecule has 4 nitrogen and oxygen atoms in total. The Morgan fingerprint density at radius 2 is 1.22 bits per heavy atom. The number of benzene rings is 2. The first kappa shape index (κ1) is 18.9. The predicted molar refractivity (Wildman–Crippen MR) is 91.4 cm³/mol. The summed E-state index contributed by atoms with van der Waals surface area (Å²) in [5.74, 6) is -9.88. The minimum absolute atomic E-state index is 0.0891. The number of anilines is 3. The maximum absolute atomic E-state index is 13.9. The van der Waals surface area contributed by atoms with Gasteiger partial charge in [0.15, 0.2) is 23.3 Å². The molecule has 0 spiro atoms. The second-order valence-corrected chi connectivity index (χ2v) is 6.12. The highest BCUT2D eigenvalue weighted by Crippen LogP contribution is 2.31. The number of hydrogen-bond acceptors (Lipinski definition) is 3. The van der Waals surface area contributed by atoms with Gasteiger partial charge in [-0.15, -0.1) is 0 Å². The maximum atomic E-state index is 13.9. The van der Waals surface area contributed by atoms with Crippen LogP contribution in [0.3, 0.4) is 0 Å². The third-order valence-electron chi connectivity index (χ3n) is 4.34. The van der Waals surface area contributed by atoms with Crippen LogP contribution >= 0.6 is 0 Å². The molecular formula is C18H16F5N3O. The van der Waals surface area contributed by atoms with Crippen molar-refractivity contribution in [1.82, 2.24) is 0 Å². The molecule has 1 N–H and O–H groups in total. The summed E-state index contributed by atoms with van der Waals surface area (Å²) in [6.07, 6.45) is 0. The molecule has 0 radical (unpaired) electrons. The first-order chi connectivity index (χ1) is 12.8. The van der Waals surface area contributed by atoms with Crippen molar-refractivity contribution in [3.8, 4) is 0 Å². The normalized spacial score (nSPS) is 14.4. The molecule has 1 heterocycles. The van der Waals surface area contributed by atoms with Crippen molar-refractivity contribution in [1.29, 1.82) is 0 Å². The molecule has 144 valence electrons. The molecule has 0 aromatic heterocycles. The lowest BCUT2D eigenvalue weighted by Gasteiger charge is -2.37. The quantitative estimate of drug-likeness (QED) is 0.498. The van der Waals surface area contributed by atoms with Crippen LogP contribution in [0, 0.1) is 29.1 Å². The van der Waals surface area contributed by atoms with Crippen LogP contribution in [-0.2, 0) is 4.79 Å². The molecule has 9 heteroatoms. The summed E-state index contributed by atoms with van der Waals surface area (Å²) < 4.78 is 67.9. The second-order valence-electron chi connectivity index (χ2n) is 6.12. The lowest BCUT2D eigenvalue weighted by Crippen LogP contribution is -2.47. The monoisotopic (exact) mass is 385 g/mol. The number of rotatable bonds is 3. The van der Waals surface area contributed by atoms with E-state index in [0.717, 1.165) is 10.6 Å². The summed E-state index contributed by atoms with van der Waals surface area (Å²) in [6.45, 7) is 2.24. The molecule has 3 rings (SSSR count). The Labute approximate surface area is 152 Å². The van der Waals surface area contributed by atoms with Gasteiger partial charge in [0, 0.05) is 44.5 Å². The van der Waals surface area contributed by atoms with Crippen molar-refractivity contribution in [3.63, 3.8) is 0 Å². The van der Waals surface area contributed by atoms with Gasteiger partial charge >= 0.3 is 0 Å². The smallest absolute Gasteiger partial charge is 0.221 e. The van der Waals surface area contributed by atoms with Crippen molar-refractivity contribution in [2.75, 3.05) is 41.3 Å². The zero-order valence-corrected chi connectivity index (χ0v) is 14.3. The van der Waals surface area contributed by atoms with Gasteiger partial charge in [0.05, 0.1) is 0 Å². The number of nitrogens with zero attached hydrogens (tertiary/aromatic N) is 2. The topological polar surface area (TPSA) is 35.6 Å². The molecule has 0 unspecified atom stereocenters. The van der Waals surface area contributed by atoms with Gasteiger partial charge in [0.2, 0.25) is 11.7 Å². The Morgan fingerprint density at radius 1 is 0.778 bits per heavy atom. The Hall–Kier alpha value is -2.84. The zero-order chi connectivity index (χ0) is 19.7. The Kier molecular flexibility index (Phi) is 5.20. The van der Waals surface area contributed by atoms with Crippen molar-refractivity contribution in [2.24, 2.45) is 0 Å². The fourth-order valence-electron chi connectivity index (χ4n) is 3.02. The summed E-state index contributed by atoms with van der Waals surface area (Å²) in [4.78, 5) is 14.1. The molecule has 27 heavy (non-hydrogen) atoms. The van der Waals surface area contributed by atoms with Crippen LogP contribution in [-0.4, -0.2) is 32.1 Å². The molecule has 1 saturated heterocycles. The number of amides is 1. The lowest BCUT2D eigenvalue weighted by atomic mass is 10.2. The van der Waals surface area contributed by atoms with Crippen LogP contribution in [0.4, 0.5) is 39.0 Å². The summed E-state index contributed by atoms with van der Waals surface area (Å²) >= 11 is 0. The summed E-state index contributed by atoms with van der Waals surface area (Å²) in [5.41, 5.74) is 0.555. The van der Waals surface area contributed by atoms with Gasteiger partial charge in [0.1, 0.15) is 5.69 Å². The van der Waals surface area contributed by atoms with E-state index < -0.39 is 34.8 Å². The van der Waals surface area contributed by atoms with E-state index >= 15 is 0 Å². The van der Waals surface area contributed by atoms with Gasteiger partial charge < -0.3 is 15.1 Å². The Morgan fingerprint density at radius 3 is 1.70 bits per heavy atom. The molecule has 2 aromatic carbocycles. The highest BCUT2D eigenvalue weighted by atomic mass is 19.2. The van der Waals surface area contributed by atoms with Gasteiger partial charge in [-0.1, -0.05) is 0 Å². The highest BCUT2D eigenvalue weighted by molar-refractivity contribution is 5.88. The van der Waals surface area contributed by atoms with Gasteiger partial charge in [-0.25, -0.2) is 22.0 Å². The van der Waals surface area contributed by atoms with Gasteiger partial charge in [-0.05, 0) is 24.3 Å². The van der Waals surface area contributed by atoms with Crippen LogP contribution in [0.15, 0.2) is 24.3 Å². The summed E-state index contributed by atoms with van der Waals surface area (Å²) in [5, 5.41) is 2.64. The minimum atomic E-state index is -2.16. The Balaban J connectivity index is 1.74. The fraction of sp³-hybridized carbons (Fsp3) is 0.278. The lowest BCUT2D eigenvalue weighted by molar-refractivity contribution is -0.114. The first-order valence-corrected chi connectivity index (χ1v) is 8.18. The molecular weight excluding hydrogens is 369 g/mol. The summed E-state index contributed by atoms with van der Waals surface area (Å²) in [7, 11) is 0. The van der Waals surface area contributed by atoms with Crippen molar-refractivity contribution in [2.45, 2.75) is 6.92 Å². The standard InChI is InChI=1S/C18H16F5N3O/c1-10(27)24-11-2-4-12(5-3-11)25-6-8-26(9-7-25)18-16(22)14(20)13(19)15(21)17(18)23/h2-5H,6-9H2,1H3,(H,24,27). The SMILES string of the molecule is CC(=O)Nc1ccc(N2CCN(c3c(F)c(F)c(F)c(F)c3F)CC2)cc1. The average molecular weight is 385 g/mol. The number of hydrogen-bond donors (Lipinski definition) is 1. The van der Waals surface area contributed by atoms with E-state index in [9.17, 15) is 26.7 Å². The fourth-order valence-corrected chi connectivity index (χ4v) is 3.02. The molecule has 0 aliphatic carbocycles. The molecule has 0 bridgehead atoms. The van der Waals surface area contributed by atoms with E-state index in [4.69, 9.17) is 0 Å². The van der Waals surface area contributed by atoms with E-state index in [0.29, 0.717) is 18.8 Å². The van der Waals surface area contributed by atoms with E-state index in [1.807, 2.05) is 4.90 Å². The third kappa shape index (κ3) is 3.67. The van der Waals surface area contributed by atoms with Crippen molar-refractivity contribution >= 4 is 23.0 Å². The first-order valence-electron chi connectivity index (χ1n) is 8.18. The van der Waals surface area contributed by atoms with Crippen LogP contribution < -0.4 is 15.1 Å². The van der Waals surface area contributed by atoms with Crippen LogP contribution in [0.25, 0.3) is 0 Å². The zero-order valence-electron chi connectivity index (χ0n) is 14.3. The number of piperazine rings is 1. The largest absolute Gasteiger partial charge is 0.368 e. The molecule has 1 fully saturated rings. The van der Waals surface area contributed by atoms with Crippen LogP contribution in [0.5, 0.6) is 0 Å². The molecule has 1 aliphatic rings. The van der Waals surface area contributed by atoms with E-state index in [2.05, 4.69) is 5.32 Å². The second kappa shape index (κ2) is 7.42. The number of halogens is 5. The minimum Gasteiger partial charge on any atom is -0.368 e. The molecule has 0 saturated carbocycles. The Bertz CT molecular complexity index is 835. The average Bonchev–Trinajstić information content (AvgIpc) is 2.66. The molecule has 1 amide bonds. The third-order valence-corrected chi connectivity index (χ3v) is 4.34. The number of nitrogens with one attached hydrogen (secondary N) is 1. The molecule has 2 aromatic rings. The van der Waals surface area contributed by atoms with Crippen LogP contribution in [0.2, 0.25) is 0 Å². The number of carbonyl (C=O) groups is 1. The highest BCUT2D eigenvalue weighted by Gasteiger charge is 2.30. The van der Waals surface area contributed by atoms with E-state index in [1.54, 1.807) is 24.3 Å². The molecule has 0 atom stereocenters.